The number of hydrogen-bond donors (Lipinski definition) is 2. The monoisotopic (exact) mass is 354 g/mol. The average molecular weight is 354 g/mol. The lowest BCUT2D eigenvalue weighted by atomic mass is 10.1. The molecule has 3 rings (SSSR count). The van der Waals surface area contributed by atoms with Crippen molar-refractivity contribution in [2.75, 3.05) is 13.2 Å². The van der Waals surface area contributed by atoms with Crippen molar-refractivity contribution >= 4 is 5.91 Å². The van der Waals surface area contributed by atoms with Gasteiger partial charge in [-0.3, -0.25) is 4.79 Å². The summed E-state index contributed by atoms with van der Waals surface area (Å²) in [5.74, 6) is 4.48. The summed E-state index contributed by atoms with van der Waals surface area (Å²) in [6.07, 6.45) is 1.52. The Morgan fingerprint density at radius 1 is 1.62 bits per heavy atom. The third kappa shape index (κ3) is 3.37. The Morgan fingerprint density at radius 2 is 2.38 bits per heavy atom. The number of carbonyl (C=O) groups excluding carboxylic acids is 1. The van der Waals surface area contributed by atoms with Gasteiger partial charge in [-0.1, -0.05) is 11.8 Å². The number of primary amides is 1. The molecule has 2 aromatic rings. The Bertz CT molecular complexity index is 992. The van der Waals surface area contributed by atoms with Crippen molar-refractivity contribution in [2.24, 2.45) is 5.73 Å². The van der Waals surface area contributed by atoms with Crippen molar-refractivity contribution in [1.29, 1.82) is 0 Å². The molecule has 8 heteroatoms. The van der Waals surface area contributed by atoms with E-state index < -0.39 is 17.3 Å². The van der Waals surface area contributed by atoms with Crippen molar-refractivity contribution in [3.8, 4) is 29.0 Å². The zero-order chi connectivity index (χ0) is 18.9. The van der Waals surface area contributed by atoms with Crippen LogP contribution in [0.3, 0.4) is 0 Å². The van der Waals surface area contributed by atoms with E-state index in [1.807, 2.05) is 0 Å². The van der Waals surface area contributed by atoms with E-state index in [9.17, 15) is 14.3 Å². The number of hydrogen-bond acceptors (Lipinski definition) is 4. The highest BCUT2D eigenvalue weighted by Crippen LogP contribution is 2.34. The average Bonchev–Trinajstić information content (AvgIpc) is 2.91. The van der Waals surface area contributed by atoms with Gasteiger partial charge in [0.05, 0.1) is 17.7 Å². The largest absolute Gasteiger partial charge is 0.491 e. The number of benzene rings is 1. The van der Waals surface area contributed by atoms with Crippen molar-refractivity contribution < 1.29 is 19.0 Å². The summed E-state index contributed by atoms with van der Waals surface area (Å²) in [5, 5.41) is 9.97. The van der Waals surface area contributed by atoms with Crippen LogP contribution in [0.2, 0.25) is 0 Å². The summed E-state index contributed by atoms with van der Waals surface area (Å²) in [7, 11) is 0. The lowest BCUT2D eigenvalue weighted by Gasteiger charge is -2.09. The molecule has 3 N–H and O–H groups in total. The van der Waals surface area contributed by atoms with Crippen molar-refractivity contribution in [2.45, 2.75) is 19.1 Å². The standard InChI is InChI=1S/C18H15FN4O3/c1-18(25,10-21-2)4-3-11-7-12-15(8-13(11)19)26-6-5-23-9-14(16(20)24)22-17(12)23/h7-9,25H,5-6,10H2,1H3,(H2,20,24). The maximum absolute atomic E-state index is 14.4. The predicted molar refractivity (Wildman–Crippen MR) is 90.6 cm³/mol. The molecule has 1 amide bonds. The van der Waals surface area contributed by atoms with Gasteiger partial charge in [-0.05, 0) is 13.0 Å². The van der Waals surface area contributed by atoms with Crippen molar-refractivity contribution in [3.63, 3.8) is 0 Å². The summed E-state index contributed by atoms with van der Waals surface area (Å²) in [6, 6.07) is 2.64. The van der Waals surface area contributed by atoms with E-state index in [0.29, 0.717) is 17.9 Å². The van der Waals surface area contributed by atoms with Gasteiger partial charge in [0, 0.05) is 12.3 Å². The number of imidazole rings is 1. The number of rotatable bonds is 2. The van der Waals surface area contributed by atoms with Crippen LogP contribution in [0.5, 0.6) is 5.75 Å². The fourth-order valence-corrected chi connectivity index (χ4v) is 2.51. The minimum Gasteiger partial charge on any atom is -0.491 e. The van der Waals surface area contributed by atoms with E-state index in [4.69, 9.17) is 17.0 Å². The number of fused-ring (bicyclic) bond motifs is 3. The third-order valence-corrected chi connectivity index (χ3v) is 3.78. The summed E-state index contributed by atoms with van der Waals surface area (Å²) >= 11 is 0. The number of aliphatic hydroxyl groups is 1. The Kier molecular flexibility index (Phi) is 4.37. The molecule has 0 spiro atoms. The van der Waals surface area contributed by atoms with Crippen LogP contribution in [0.15, 0.2) is 18.3 Å². The SMILES string of the molecule is [C-]#[N+]CC(C)(O)C#Cc1cc2c(cc1F)OCCn1cc(C(N)=O)nc1-2. The van der Waals surface area contributed by atoms with Crippen LogP contribution in [0.4, 0.5) is 4.39 Å². The highest BCUT2D eigenvalue weighted by molar-refractivity contribution is 5.91. The number of aromatic nitrogens is 2. The topological polar surface area (TPSA) is 94.7 Å². The Balaban J connectivity index is 2.11. The van der Waals surface area contributed by atoms with Gasteiger partial charge in [0.25, 0.3) is 12.5 Å². The van der Waals surface area contributed by atoms with Gasteiger partial charge < -0.3 is 25.0 Å². The van der Waals surface area contributed by atoms with Gasteiger partial charge >= 0.3 is 0 Å². The molecular weight excluding hydrogens is 339 g/mol. The smallest absolute Gasteiger partial charge is 0.268 e. The Hall–Kier alpha value is -3.36. The molecule has 1 atom stereocenters. The van der Waals surface area contributed by atoms with E-state index in [1.165, 1.54) is 25.3 Å². The number of amides is 1. The Morgan fingerprint density at radius 3 is 3.08 bits per heavy atom. The van der Waals surface area contributed by atoms with Gasteiger partial charge in [-0.25, -0.2) is 15.9 Å². The first-order chi connectivity index (χ1) is 12.3. The first-order valence-corrected chi connectivity index (χ1v) is 7.73. The second kappa shape index (κ2) is 6.51. The van der Waals surface area contributed by atoms with Crippen LogP contribution in [0.1, 0.15) is 23.0 Å². The lowest BCUT2D eigenvalue weighted by molar-refractivity contribution is 0.0995. The summed E-state index contributed by atoms with van der Waals surface area (Å²) in [6.45, 7) is 8.67. The first-order valence-electron chi connectivity index (χ1n) is 7.73. The predicted octanol–water partition coefficient (Wildman–Crippen LogP) is 1.20. The second-order valence-electron chi connectivity index (χ2n) is 6.02. The quantitative estimate of drug-likeness (QED) is 0.626. The molecule has 26 heavy (non-hydrogen) atoms. The molecule has 1 aliphatic heterocycles. The molecule has 2 heterocycles. The molecule has 0 bridgehead atoms. The molecule has 0 saturated heterocycles. The minimum atomic E-state index is -1.55. The molecule has 7 nitrogen and oxygen atoms in total. The summed E-state index contributed by atoms with van der Waals surface area (Å²) < 4.78 is 21.6. The number of carbonyl (C=O) groups is 1. The van der Waals surface area contributed by atoms with Crippen LogP contribution >= 0.6 is 0 Å². The van der Waals surface area contributed by atoms with E-state index >= 15 is 0 Å². The Labute approximate surface area is 149 Å². The molecule has 132 valence electrons. The maximum Gasteiger partial charge on any atom is 0.268 e. The van der Waals surface area contributed by atoms with Crippen LogP contribution in [-0.2, 0) is 6.54 Å². The number of halogens is 1. The van der Waals surface area contributed by atoms with Crippen molar-refractivity contribution in [1.82, 2.24) is 9.55 Å². The number of nitrogens with zero attached hydrogens (tertiary/aromatic N) is 3. The van der Waals surface area contributed by atoms with E-state index in [2.05, 4.69) is 21.7 Å². The molecule has 0 aliphatic carbocycles. The van der Waals surface area contributed by atoms with E-state index in [-0.39, 0.29) is 30.2 Å². The highest BCUT2D eigenvalue weighted by Gasteiger charge is 2.23. The minimum absolute atomic E-state index is 0.0229. The zero-order valence-corrected chi connectivity index (χ0v) is 13.9. The molecule has 0 saturated carbocycles. The van der Waals surface area contributed by atoms with Crippen LogP contribution in [-0.4, -0.2) is 39.3 Å². The van der Waals surface area contributed by atoms with E-state index in [1.54, 1.807) is 4.57 Å². The molecule has 0 fully saturated rings. The number of nitrogens with two attached hydrogens (primary N) is 1. The first kappa shape index (κ1) is 17.5. The van der Waals surface area contributed by atoms with Gasteiger partial charge in [0.15, 0.2) is 5.60 Å². The maximum atomic E-state index is 14.4. The van der Waals surface area contributed by atoms with Crippen LogP contribution in [0, 0.1) is 24.2 Å². The highest BCUT2D eigenvalue weighted by atomic mass is 19.1. The van der Waals surface area contributed by atoms with Gasteiger partial charge in [-0.15, -0.1) is 0 Å². The molecule has 1 unspecified atom stereocenters. The van der Waals surface area contributed by atoms with Crippen LogP contribution < -0.4 is 10.5 Å². The molecule has 1 aromatic carbocycles. The molecular formula is C18H15FN4O3. The third-order valence-electron chi connectivity index (χ3n) is 3.78. The molecule has 1 aromatic heterocycles. The lowest BCUT2D eigenvalue weighted by Crippen LogP contribution is -2.24. The fraction of sp³-hybridized carbons (Fsp3) is 0.278. The van der Waals surface area contributed by atoms with Crippen LogP contribution in [0.25, 0.3) is 16.2 Å². The van der Waals surface area contributed by atoms with Gasteiger partial charge in [-0.2, -0.15) is 0 Å². The van der Waals surface area contributed by atoms with E-state index in [0.717, 1.165) is 0 Å². The summed E-state index contributed by atoms with van der Waals surface area (Å²) in [4.78, 5) is 18.7. The molecule has 1 aliphatic rings. The van der Waals surface area contributed by atoms with Gasteiger partial charge in [0.1, 0.15) is 29.7 Å². The van der Waals surface area contributed by atoms with Gasteiger partial charge in [0.2, 0.25) is 0 Å². The normalized spacial score (nSPS) is 14.4. The summed E-state index contributed by atoms with van der Waals surface area (Å²) in [5.41, 5.74) is 4.32. The second-order valence-corrected chi connectivity index (χ2v) is 6.02. The van der Waals surface area contributed by atoms with Crippen molar-refractivity contribution in [3.05, 3.63) is 46.8 Å². The fourth-order valence-electron chi connectivity index (χ4n) is 2.51. The molecule has 0 radical (unpaired) electrons. The number of ether oxygens (including phenoxy) is 1. The zero-order valence-electron chi connectivity index (χ0n) is 13.9.